The van der Waals surface area contributed by atoms with Gasteiger partial charge in [-0.25, -0.2) is 4.98 Å². The molecule has 1 aliphatic heterocycles. The van der Waals surface area contributed by atoms with Crippen LogP contribution in [0.3, 0.4) is 0 Å². The van der Waals surface area contributed by atoms with Gasteiger partial charge in [0.1, 0.15) is 16.3 Å². The molecule has 1 saturated heterocycles. The van der Waals surface area contributed by atoms with Gasteiger partial charge in [-0.05, 0) is 46.3 Å². The highest BCUT2D eigenvalue weighted by Gasteiger charge is 2.39. The van der Waals surface area contributed by atoms with Crippen molar-refractivity contribution in [1.82, 2.24) is 4.98 Å². The number of aromatic nitrogens is 1. The minimum absolute atomic E-state index is 0.427. The summed E-state index contributed by atoms with van der Waals surface area (Å²) >= 11 is 9.42. The Hall–Kier alpha value is -1.61. The van der Waals surface area contributed by atoms with Crippen LogP contribution in [-0.2, 0) is 5.60 Å². The number of hydrogen-bond acceptors (Lipinski definition) is 4. The molecule has 0 amide bonds. The largest absolute Gasteiger partial charge is 0.382 e. The van der Waals surface area contributed by atoms with Crippen LogP contribution in [0.4, 0.5) is 5.69 Å². The summed E-state index contributed by atoms with van der Waals surface area (Å²) in [5, 5.41) is 20.2. The van der Waals surface area contributed by atoms with Crippen molar-refractivity contribution in [3.63, 3.8) is 0 Å². The fraction of sp³-hybridized carbons (Fsp3) is 0.250. The Kier molecular flexibility index (Phi) is 4.09. The maximum atomic E-state index is 10.9. The second-order valence-corrected chi connectivity index (χ2v) is 6.54. The smallest absolute Gasteiger partial charge is 0.126 e. The molecule has 0 spiro atoms. The van der Waals surface area contributed by atoms with Crippen molar-refractivity contribution >= 4 is 33.2 Å². The lowest BCUT2D eigenvalue weighted by Crippen LogP contribution is -2.31. The zero-order valence-electron chi connectivity index (χ0n) is 11.6. The van der Waals surface area contributed by atoms with Gasteiger partial charge in [-0.15, -0.1) is 0 Å². The van der Waals surface area contributed by atoms with Crippen LogP contribution in [0.5, 0.6) is 0 Å². The minimum Gasteiger partial charge on any atom is -0.382 e. The van der Waals surface area contributed by atoms with E-state index < -0.39 is 5.60 Å². The van der Waals surface area contributed by atoms with Gasteiger partial charge in [-0.2, -0.15) is 5.26 Å². The summed E-state index contributed by atoms with van der Waals surface area (Å²) in [5.74, 6) is 0. The SMILES string of the molecule is N#Cc1ccc(N2CCC(O)(c3cccc(Br)n3)C2)cc1Cl. The van der Waals surface area contributed by atoms with Crippen molar-refractivity contribution < 1.29 is 5.11 Å². The van der Waals surface area contributed by atoms with Crippen molar-refractivity contribution in [3.8, 4) is 6.07 Å². The highest BCUT2D eigenvalue weighted by Crippen LogP contribution is 2.35. The van der Waals surface area contributed by atoms with E-state index in [9.17, 15) is 5.11 Å². The molecule has 1 N–H and O–H groups in total. The Morgan fingerprint density at radius 2 is 2.18 bits per heavy atom. The summed E-state index contributed by atoms with van der Waals surface area (Å²) in [5.41, 5.74) is 1.03. The predicted octanol–water partition coefficient (Wildman–Crippen LogP) is 3.47. The first-order valence-corrected chi connectivity index (χ1v) is 7.99. The molecule has 2 heterocycles. The summed E-state index contributed by atoms with van der Waals surface area (Å²) in [6.07, 6.45) is 0.591. The summed E-state index contributed by atoms with van der Waals surface area (Å²) < 4.78 is 0.707. The third kappa shape index (κ3) is 2.82. The monoisotopic (exact) mass is 377 g/mol. The fourth-order valence-corrected chi connectivity index (χ4v) is 3.24. The fourth-order valence-electron chi connectivity index (χ4n) is 2.68. The van der Waals surface area contributed by atoms with Crippen molar-refractivity contribution in [3.05, 3.63) is 57.3 Å². The van der Waals surface area contributed by atoms with E-state index in [4.69, 9.17) is 16.9 Å². The molecule has 112 valence electrons. The summed E-state index contributed by atoms with van der Waals surface area (Å²) in [7, 11) is 0. The molecule has 1 aromatic carbocycles. The first-order valence-electron chi connectivity index (χ1n) is 6.82. The lowest BCUT2D eigenvalue weighted by Gasteiger charge is -2.24. The quantitative estimate of drug-likeness (QED) is 0.813. The number of rotatable bonds is 2. The minimum atomic E-state index is -0.982. The molecule has 0 radical (unpaired) electrons. The molecule has 2 aromatic rings. The Morgan fingerprint density at radius 3 is 2.86 bits per heavy atom. The number of hydrogen-bond donors (Lipinski definition) is 1. The molecular formula is C16H13BrClN3O. The van der Waals surface area contributed by atoms with E-state index >= 15 is 0 Å². The van der Waals surface area contributed by atoms with Gasteiger partial charge in [0.05, 0.1) is 22.8 Å². The molecule has 0 bridgehead atoms. The second-order valence-electron chi connectivity index (χ2n) is 5.32. The lowest BCUT2D eigenvalue weighted by atomic mass is 9.98. The zero-order valence-corrected chi connectivity index (χ0v) is 14.0. The van der Waals surface area contributed by atoms with Crippen LogP contribution in [0.15, 0.2) is 41.0 Å². The lowest BCUT2D eigenvalue weighted by molar-refractivity contribution is 0.0559. The van der Waals surface area contributed by atoms with Gasteiger partial charge >= 0.3 is 0 Å². The van der Waals surface area contributed by atoms with Crippen LogP contribution in [0.1, 0.15) is 17.7 Å². The molecule has 1 fully saturated rings. The van der Waals surface area contributed by atoms with Crippen LogP contribution in [-0.4, -0.2) is 23.2 Å². The van der Waals surface area contributed by atoms with E-state index in [1.807, 2.05) is 30.3 Å². The van der Waals surface area contributed by atoms with Crippen molar-refractivity contribution in [2.75, 3.05) is 18.0 Å². The normalized spacial score (nSPS) is 20.9. The van der Waals surface area contributed by atoms with E-state index in [1.165, 1.54) is 0 Å². The van der Waals surface area contributed by atoms with Gasteiger partial charge in [-0.1, -0.05) is 17.7 Å². The van der Waals surface area contributed by atoms with Crippen LogP contribution in [0, 0.1) is 11.3 Å². The van der Waals surface area contributed by atoms with E-state index in [-0.39, 0.29) is 0 Å². The molecule has 0 aliphatic carbocycles. The Balaban J connectivity index is 1.85. The van der Waals surface area contributed by atoms with E-state index in [1.54, 1.807) is 12.1 Å². The van der Waals surface area contributed by atoms with Crippen LogP contribution < -0.4 is 4.90 Å². The van der Waals surface area contributed by atoms with Crippen molar-refractivity contribution in [1.29, 1.82) is 5.26 Å². The molecule has 3 rings (SSSR count). The van der Waals surface area contributed by atoms with Gasteiger partial charge in [0.15, 0.2) is 0 Å². The number of nitrogens with zero attached hydrogens (tertiary/aromatic N) is 3. The Bertz CT molecular complexity index is 761. The van der Waals surface area contributed by atoms with Crippen LogP contribution in [0.2, 0.25) is 5.02 Å². The Morgan fingerprint density at radius 1 is 1.36 bits per heavy atom. The van der Waals surface area contributed by atoms with E-state index in [0.29, 0.717) is 40.4 Å². The third-order valence-corrected chi connectivity index (χ3v) is 4.63. The average molecular weight is 379 g/mol. The molecule has 0 saturated carbocycles. The molecule has 1 aromatic heterocycles. The molecular weight excluding hydrogens is 366 g/mol. The van der Waals surface area contributed by atoms with Crippen molar-refractivity contribution in [2.24, 2.45) is 0 Å². The average Bonchev–Trinajstić information content (AvgIpc) is 2.91. The number of nitriles is 1. The molecule has 6 heteroatoms. The maximum Gasteiger partial charge on any atom is 0.126 e. The van der Waals surface area contributed by atoms with Crippen LogP contribution in [0.25, 0.3) is 0 Å². The van der Waals surface area contributed by atoms with E-state index in [2.05, 4.69) is 25.8 Å². The summed E-state index contributed by atoms with van der Waals surface area (Å²) in [6.45, 7) is 1.14. The number of halogens is 2. The number of anilines is 1. The summed E-state index contributed by atoms with van der Waals surface area (Å²) in [6, 6.07) is 12.9. The van der Waals surface area contributed by atoms with Crippen molar-refractivity contribution in [2.45, 2.75) is 12.0 Å². The number of pyridine rings is 1. The third-order valence-electron chi connectivity index (χ3n) is 3.88. The summed E-state index contributed by atoms with van der Waals surface area (Å²) in [4.78, 5) is 6.42. The van der Waals surface area contributed by atoms with Crippen LogP contribution >= 0.6 is 27.5 Å². The molecule has 1 aliphatic rings. The number of β-amino-alcohol motifs (C(OH)–C–C–N with tert-alkyl or cyclic N) is 1. The zero-order chi connectivity index (χ0) is 15.7. The first kappa shape index (κ1) is 15.3. The van der Waals surface area contributed by atoms with Gasteiger partial charge in [0, 0.05) is 18.7 Å². The number of aliphatic hydroxyl groups is 1. The topological polar surface area (TPSA) is 60.2 Å². The highest BCUT2D eigenvalue weighted by molar-refractivity contribution is 9.10. The van der Waals surface area contributed by atoms with Gasteiger partial charge in [0.25, 0.3) is 0 Å². The second kappa shape index (κ2) is 5.88. The predicted molar refractivity (Wildman–Crippen MR) is 88.8 cm³/mol. The maximum absolute atomic E-state index is 10.9. The molecule has 1 unspecified atom stereocenters. The molecule has 1 atom stereocenters. The number of benzene rings is 1. The van der Waals surface area contributed by atoms with Gasteiger partial charge < -0.3 is 10.0 Å². The molecule has 4 nitrogen and oxygen atoms in total. The highest BCUT2D eigenvalue weighted by atomic mass is 79.9. The standard InChI is InChI=1S/C16H13BrClN3O/c17-15-3-1-2-14(20-15)16(22)6-7-21(10-16)12-5-4-11(9-19)13(18)8-12/h1-5,8,22H,6-7,10H2. The first-order chi connectivity index (χ1) is 10.5. The van der Waals surface area contributed by atoms with E-state index in [0.717, 1.165) is 5.69 Å². The Labute approximate surface area is 142 Å². The molecule has 22 heavy (non-hydrogen) atoms. The van der Waals surface area contributed by atoms with Gasteiger partial charge in [0.2, 0.25) is 0 Å². The van der Waals surface area contributed by atoms with Gasteiger partial charge in [-0.3, -0.25) is 0 Å².